The predicted molar refractivity (Wildman–Crippen MR) is 62.0 cm³/mol. The van der Waals surface area contributed by atoms with Gasteiger partial charge in [-0.25, -0.2) is 0 Å². The van der Waals surface area contributed by atoms with Crippen molar-refractivity contribution in [2.75, 3.05) is 6.61 Å². The van der Waals surface area contributed by atoms with Gasteiger partial charge in [-0.2, -0.15) is 0 Å². The Morgan fingerprint density at radius 1 is 1.60 bits per heavy atom. The molecule has 0 fully saturated rings. The Morgan fingerprint density at radius 3 is 2.73 bits per heavy atom. The van der Waals surface area contributed by atoms with Crippen molar-refractivity contribution >= 4 is 21.7 Å². The smallest absolute Gasteiger partial charge is 0.176 e. The molecule has 0 bridgehead atoms. The first-order valence-corrected chi connectivity index (χ1v) is 5.62. The third-order valence-corrected chi connectivity index (χ3v) is 2.32. The summed E-state index contributed by atoms with van der Waals surface area (Å²) >= 11 is 3.19. The molecule has 0 saturated heterocycles. The molecule has 1 aromatic rings. The molecule has 0 aromatic heterocycles. The summed E-state index contributed by atoms with van der Waals surface area (Å²) < 4.78 is 5.16. The topological polar surface area (TPSA) is 46.5 Å². The lowest BCUT2D eigenvalue weighted by atomic mass is 10.1. The zero-order valence-corrected chi connectivity index (χ0v) is 10.2. The highest BCUT2D eigenvalue weighted by atomic mass is 79.9. The summed E-state index contributed by atoms with van der Waals surface area (Å²) in [7, 11) is 0. The fourth-order valence-electron chi connectivity index (χ4n) is 1.18. The van der Waals surface area contributed by atoms with Crippen molar-refractivity contribution in [1.29, 1.82) is 0 Å². The number of alkyl halides is 1. The van der Waals surface area contributed by atoms with Gasteiger partial charge in [-0.15, -0.1) is 0 Å². The number of hydrogen-bond acceptors (Lipinski definition) is 3. The van der Waals surface area contributed by atoms with E-state index in [1.54, 1.807) is 19.1 Å². The van der Waals surface area contributed by atoms with Crippen LogP contribution in [0.5, 0.6) is 11.5 Å². The quantitative estimate of drug-likeness (QED) is 0.677. The zero-order valence-electron chi connectivity index (χ0n) is 8.66. The molecular weight excluding hydrogens is 260 g/mol. The van der Waals surface area contributed by atoms with Gasteiger partial charge in [-0.05, 0) is 32.0 Å². The summed E-state index contributed by atoms with van der Waals surface area (Å²) in [5.41, 5.74) is 0.473. The molecule has 0 aliphatic carbocycles. The standard InChI is InChI=1S/C11H13BrO3/c1-3-15-10-5-4-8(6-9(10)13)11(14)7(2)12/h4-7,13H,3H2,1-2H3. The van der Waals surface area contributed by atoms with Gasteiger partial charge in [0.2, 0.25) is 0 Å². The van der Waals surface area contributed by atoms with E-state index >= 15 is 0 Å². The Kier molecular flexibility index (Phi) is 4.15. The average molecular weight is 273 g/mol. The third-order valence-electron chi connectivity index (χ3n) is 1.90. The number of carbonyl (C=O) groups excluding carboxylic acids is 1. The van der Waals surface area contributed by atoms with E-state index in [1.807, 2.05) is 6.92 Å². The minimum Gasteiger partial charge on any atom is -0.504 e. The highest BCUT2D eigenvalue weighted by Crippen LogP contribution is 2.27. The van der Waals surface area contributed by atoms with Crippen LogP contribution in [0, 0.1) is 0 Å². The number of halogens is 1. The summed E-state index contributed by atoms with van der Waals surface area (Å²) in [5, 5.41) is 9.56. The number of hydrogen-bond donors (Lipinski definition) is 1. The summed E-state index contributed by atoms with van der Waals surface area (Å²) in [5.74, 6) is 0.334. The zero-order chi connectivity index (χ0) is 11.4. The van der Waals surface area contributed by atoms with Crippen molar-refractivity contribution in [3.8, 4) is 11.5 Å². The van der Waals surface area contributed by atoms with E-state index in [0.717, 1.165) is 0 Å². The molecule has 0 radical (unpaired) electrons. The van der Waals surface area contributed by atoms with E-state index in [-0.39, 0.29) is 16.4 Å². The summed E-state index contributed by atoms with van der Waals surface area (Å²) in [6.07, 6.45) is 0. The van der Waals surface area contributed by atoms with E-state index in [0.29, 0.717) is 17.9 Å². The molecule has 3 nitrogen and oxygen atoms in total. The first kappa shape index (κ1) is 12.0. The van der Waals surface area contributed by atoms with Crippen LogP contribution >= 0.6 is 15.9 Å². The molecule has 1 atom stereocenters. The molecule has 1 rings (SSSR count). The Bertz CT molecular complexity index is 361. The van der Waals surface area contributed by atoms with Gasteiger partial charge in [0.25, 0.3) is 0 Å². The Labute approximate surface area is 97.2 Å². The number of rotatable bonds is 4. The van der Waals surface area contributed by atoms with Crippen LogP contribution in [0.2, 0.25) is 0 Å². The molecular formula is C11H13BrO3. The van der Waals surface area contributed by atoms with Crippen molar-refractivity contribution in [2.24, 2.45) is 0 Å². The summed E-state index contributed by atoms with van der Waals surface area (Å²) in [6, 6.07) is 4.66. The van der Waals surface area contributed by atoms with Crippen LogP contribution in [0.15, 0.2) is 18.2 Å². The van der Waals surface area contributed by atoms with E-state index in [2.05, 4.69) is 15.9 Å². The lowest BCUT2D eigenvalue weighted by Gasteiger charge is -2.08. The number of phenols is 1. The van der Waals surface area contributed by atoms with Crippen LogP contribution in [0.4, 0.5) is 0 Å². The molecule has 15 heavy (non-hydrogen) atoms. The van der Waals surface area contributed by atoms with Crippen LogP contribution in [-0.2, 0) is 0 Å². The highest BCUT2D eigenvalue weighted by Gasteiger charge is 2.13. The van der Waals surface area contributed by atoms with Crippen molar-refractivity contribution in [3.05, 3.63) is 23.8 Å². The second-order valence-electron chi connectivity index (χ2n) is 3.10. The summed E-state index contributed by atoms with van der Waals surface area (Å²) in [4.78, 5) is 11.3. The molecule has 4 heteroatoms. The second kappa shape index (κ2) is 5.16. The molecule has 0 saturated carbocycles. The number of aromatic hydroxyl groups is 1. The van der Waals surface area contributed by atoms with Gasteiger partial charge in [-0.3, -0.25) is 4.79 Å². The van der Waals surface area contributed by atoms with Crippen LogP contribution in [0.3, 0.4) is 0 Å². The lowest BCUT2D eigenvalue weighted by molar-refractivity contribution is 0.0995. The van der Waals surface area contributed by atoms with Crippen LogP contribution in [-0.4, -0.2) is 22.3 Å². The first-order valence-electron chi connectivity index (χ1n) is 4.70. The predicted octanol–water partition coefficient (Wildman–Crippen LogP) is 2.76. The van der Waals surface area contributed by atoms with E-state index in [4.69, 9.17) is 4.74 Å². The molecule has 0 aliphatic rings. The monoisotopic (exact) mass is 272 g/mol. The van der Waals surface area contributed by atoms with Crippen molar-refractivity contribution < 1.29 is 14.6 Å². The first-order chi connectivity index (χ1) is 7.06. The molecule has 1 unspecified atom stereocenters. The van der Waals surface area contributed by atoms with E-state index in [1.165, 1.54) is 6.07 Å². The molecule has 0 heterocycles. The minimum atomic E-state index is -0.255. The minimum absolute atomic E-state index is 0.00384. The largest absolute Gasteiger partial charge is 0.504 e. The fourth-order valence-corrected chi connectivity index (χ4v) is 1.44. The maximum Gasteiger partial charge on any atom is 0.176 e. The number of benzene rings is 1. The Morgan fingerprint density at radius 2 is 2.27 bits per heavy atom. The fraction of sp³-hybridized carbons (Fsp3) is 0.364. The van der Waals surface area contributed by atoms with Crippen molar-refractivity contribution in [2.45, 2.75) is 18.7 Å². The molecule has 0 amide bonds. The molecule has 1 N–H and O–H groups in total. The van der Waals surface area contributed by atoms with Gasteiger partial charge in [0.1, 0.15) is 0 Å². The molecule has 82 valence electrons. The Hall–Kier alpha value is -1.03. The Balaban J connectivity index is 2.96. The van der Waals surface area contributed by atoms with Gasteiger partial charge >= 0.3 is 0 Å². The molecule has 1 aromatic carbocycles. The van der Waals surface area contributed by atoms with E-state index in [9.17, 15) is 9.90 Å². The highest BCUT2D eigenvalue weighted by molar-refractivity contribution is 9.10. The molecule has 0 aliphatic heterocycles. The summed E-state index contributed by atoms with van der Waals surface area (Å²) in [6.45, 7) is 4.06. The van der Waals surface area contributed by atoms with Gasteiger partial charge in [0.05, 0.1) is 11.4 Å². The normalized spacial score (nSPS) is 12.2. The van der Waals surface area contributed by atoms with Gasteiger partial charge < -0.3 is 9.84 Å². The van der Waals surface area contributed by atoms with Crippen LogP contribution in [0.1, 0.15) is 24.2 Å². The third kappa shape index (κ3) is 2.96. The van der Waals surface area contributed by atoms with Gasteiger partial charge in [-0.1, -0.05) is 15.9 Å². The lowest BCUT2D eigenvalue weighted by Crippen LogP contribution is -2.09. The van der Waals surface area contributed by atoms with Crippen LogP contribution < -0.4 is 4.74 Å². The number of carbonyl (C=O) groups is 1. The maximum atomic E-state index is 11.6. The molecule has 0 spiro atoms. The number of ketones is 1. The second-order valence-corrected chi connectivity index (χ2v) is 4.47. The van der Waals surface area contributed by atoms with Crippen molar-refractivity contribution in [1.82, 2.24) is 0 Å². The van der Waals surface area contributed by atoms with Crippen molar-refractivity contribution in [3.63, 3.8) is 0 Å². The average Bonchev–Trinajstić information content (AvgIpc) is 2.20. The SMILES string of the molecule is CCOc1ccc(C(=O)C(C)Br)cc1O. The van der Waals surface area contributed by atoms with E-state index < -0.39 is 0 Å². The number of ether oxygens (including phenoxy) is 1. The van der Waals surface area contributed by atoms with Crippen LogP contribution in [0.25, 0.3) is 0 Å². The maximum absolute atomic E-state index is 11.6. The van der Waals surface area contributed by atoms with Gasteiger partial charge in [0, 0.05) is 5.56 Å². The van der Waals surface area contributed by atoms with Gasteiger partial charge in [0.15, 0.2) is 17.3 Å². The number of phenolic OH excluding ortho intramolecular Hbond substituents is 1. The number of Topliss-reactive ketones (excluding diaryl/α,β-unsaturated/α-hetero) is 1.